The van der Waals surface area contributed by atoms with Gasteiger partial charge in [0.25, 0.3) is 10.0 Å². The number of hydrogen-bond acceptors (Lipinski definition) is 7. The van der Waals surface area contributed by atoms with Gasteiger partial charge in [-0.15, -0.1) is 0 Å². The van der Waals surface area contributed by atoms with Gasteiger partial charge in [0.1, 0.15) is 11.6 Å². The number of aromatic nitrogens is 4. The van der Waals surface area contributed by atoms with Gasteiger partial charge in [-0.05, 0) is 25.1 Å². The highest BCUT2D eigenvalue weighted by Gasteiger charge is 2.18. The summed E-state index contributed by atoms with van der Waals surface area (Å²) in [6.45, 7) is 5.69. The van der Waals surface area contributed by atoms with Crippen molar-refractivity contribution in [2.75, 3.05) is 4.72 Å². The van der Waals surface area contributed by atoms with Gasteiger partial charge in [0.05, 0.1) is 10.6 Å². The first-order chi connectivity index (χ1) is 11.8. The summed E-state index contributed by atoms with van der Waals surface area (Å²) in [5, 5.41) is 0.256. The minimum absolute atomic E-state index is 0.138. The number of sulfonamides is 1. The van der Waals surface area contributed by atoms with Crippen LogP contribution in [0.4, 0.5) is 5.13 Å². The minimum atomic E-state index is -3.75. The first-order valence-corrected chi connectivity index (χ1v) is 9.87. The van der Waals surface area contributed by atoms with Crippen LogP contribution in [0.5, 0.6) is 0 Å². The molecule has 25 heavy (non-hydrogen) atoms. The van der Waals surface area contributed by atoms with Crippen molar-refractivity contribution in [1.82, 2.24) is 19.3 Å². The molecule has 1 aromatic carbocycles. The molecule has 3 aromatic rings. The zero-order valence-electron chi connectivity index (χ0n) is 14.0. The maximum absolute atomic E-state index is 12.6. The molecular weight excluding hydrogens is 358 g/mol. The van der Waals surface area contributed by atoms with E-state index in [4.69, 9.17) is 0 Å². The molecule has 0 aliphatic heterocycles. The average Bonchev–Trinajstić information content (AvgIpc) is 3.03. The molecule has 130 valence electrons. The van der Waals surface area contributed by atoms with Crippen LogP contribution in [0.1, 0.15) is 31.4 Å². The standard InChI is InChI=1S/C16H17N5O2S2/c1-10(2)15-19-16(24-20-15)21-25(22,23)13-6-4-5-12(9-13)14-7-8-17-11(3)18-14/h4-10H,1-3H3,(H,19,20,21). The number of aryl methyl sites for hydroxylation is 1. The molecule has 0 fully saturated rings. The van der Waals surface area contributed by atoms with E-state index in [0.29, 0.717) is 22.9 Å². The van der Waals surface area contributed by atoms with Crippen molar-refractivity contribution in [1.29, 1.82) is 0 Å². The summed E-state index contributed by atoms with van der Waals surface area (Å²) in [6.07, 6.45) is 1.64. The molecule has 1 N–H and O–H groups in total. The summed E-state index contributed by atoms with van der Waals surface area (Å²) in [7, 11) is -3.75. The van der Waals surface area contributed by atoms with Crippen LogP contribution in [0.15, 0.2) is 41.4 Å². The molecule has 3 rings (SSSR count). The molecule has 2 aromatic heterocycles. The zero-order valence-corrected chi connectivity index (χ0v) is 15.6. The van der Waals surface area contributed by atoms with E-state index in [2.05, 4.69) is 24.0 Å². The second kappa shape index (κ2) is 6.85. The van der Waals surface area contributed by atoms with Crippen molar-refractivity contribution in [3.63, 3.8) is 0 Å². The highest BCUT2D eigenvalue weighted by Crippen LogP contribution is 2.24. The van der Waals surface area contributed by atoms with Gasteiger partial charge >= 0.3 is 0 Å². The number of benzene rings is 1. The fourth-order valence-electron chi connectivity index (χ4n) is 2.12. The average molecular weight is 375 g/mol. The van der Waals surface area contributed by atoms with E-state index < -0.39 is 10.0 Å². The lowest BCUT2D eigenvalue weighted by molar-refractivity contribution is 0.601. The summed E-state index contributed by atoms with van der Waals surface area (Å²) in [4.78, 5) is 12.7. The van der Waals surface area contributed by atoms with Crippen molar-refractivity contribution in [2.45, 2.75) is 31.6 Å². The van der Waals surface area contributed by atoms with Gasteiger partial charge in [-0.1, -0.05) is 26.0 Å². The van der Waals surface area contributed by atoms with E-state index in [1.807, 2.05) is 19.9 Å². The minimum Gasteiger partial charge on any atom is -0.253 e. The van der Waals surface area contributed by atoms with Gasteiger partial charge in [-0.2, -0.15) is 4.37 Å². The van der Waals surface area contributed by atoms with Crippen LogP contribution < -0.4 is 4.72 Å². The normalized spacial score (nSPS) is 11.7. The van der Waals surface area contributed by atoms with E-state index in [1.165, 1.54) is 6.07 Å². The van der Waals surface area contributed by atoms with Crippen LogP contribution >= 0.6 is 11.5 Å². The lowest BCUT2D eigenvalue weighted by Gasteiger charge is -2.07. The molecule has 0 aliphatic carbocycles. The van der Waals surface area contributed by atoms with Crippen molar-refractivity contribution >= 4 is 26.7 Å². The van der Waals surface area contributed by atoms with E-state index in [-0.39, 0.29) is 15.9 Å². The monoisotopic (exact) mass is 375 g/mol. The van der Waals surface area contributed by atoms with E-state index in [0.717, 1.165) is 11.5 Å². The van der Waals surface area contributed by atoms with E-state index >= 15 is 0 Å². The number of hydrogen-bond donors (Lipinski definition) is 1. The highest BCUT2D eigenvalue weighted by atomic mass is 32.2. The number of anilines is 1. The second-order valence-electron chi connectivity index (χ2n) is 5.73. The molecule has 0 unspecified atom stereocenters. The van der Waals surface area contributed by atoms with Gasteiger partial charge in [0.2, 0.25) is 5.13 Å². The smallest absolute Gasteiger partial charge is 0.253 e. The summed E-state index contributed by atoms with van der Waals surface area (Å²) in [6, 6.07) is 8.34. The van der Waals surface area contributed by atoms with Gasteiger partial charge in [-0.3, -0.25) is 4.72 Å². The van der Waals surface area contributed by atoms with Crippen LogP contribution in [0, 0.1) is 6.92 Å². The zero-order chi connectivity index (χ0) is 18.0. The Labute approximate surface area is 150 Å². The molecule has 9 heteroatoms. The number of nitrogens with one attached hydrogen (secondary N) is 1. The molecule has 0 amide bonds. The summed E-state index contributed by atoms with van der Waals surface area (Å²) >= 11 is 1.03. The van der Waals surface area contributed by atoms with Crippen molar-refractivity contribution in [2.24, 2.45) is 0 Å². The Hall–Kier alpha value is -2.39. The second-order valence-corrected chi connectivity index (χ2v) is 8.17. The summed E-state index contributed by atoms with van der Waals surface area (Å²) in [5.41, 5.74) is 1.37. The SMILES string of the molecule is Cc1nccc(-c2cccc(S(=O)(=O)Nc3nc(C(C)C)ns3)c2)n1. The molecule has 0 bridgehead atoms. The predicted octanol–water partition coefficient (Wildman–Crippen LogP) is 3.23. The Bertz CT molecular complexity index is 999. The Morgan fingerprint density at radius 2 is 1.96 bits per heavy atom. The maximum atomic E-state index is 12.6. The maximum Gasteiger partial charge on any atom is 0.263 e. The summed E-state index contributed by atoms with van der Waals surface area (Å²) in [5.74, 6) is 1.38. The molecule has 0 saturated heterocycles. The van der Waals surface area contributed by atoms with Crippen molar-refractivity contribution in [3.05, 3.63) is 48.2 Å². The van der Waals surface area contributed by atoms with Crippen LogP contribution in [-0.2, 0) is 10.0 Å². The Morgan fingerprint density at radius 3 is 2.64 bits per heavy atom. The fourth-order valence-corrected chi connectivity index (χ4v) is 4.10. The van der Waals surface area contributed by atoms with Crippen molar-refractivity contribution in [3.8, 4) is 11.3 Å². The first-order valence-electron chi connectivity index (χ1n) is 7.61. The molecule has 0 spiro atoms. The molecule has 7 nitrogen and oxygen atoms in total. The third-order valence-electron chi connectivity index (χ3n) is 3.40. The lowest BCUT2D eigenvalue weighted by atomic mass is 10.1. The lowest BCUT2D eigenvalue weighted by Crippen LogP contribution is -2.13. The highest BCUT2D eigenvalue weighted by molar-refractivity contribution is 7.93. The molecule has 0 radical (unpaired) electrons. The number of rotatable bonds is 5. The fraction of sp³-hybridized carbons (Fsp3) is 0.250. The third kappa shape index (κ3) is 3.99. The predicted molar refractivity (Wildman–Crippen MR) is 97.0 cm³/mol. The largest absolute Gasteiger partial charge is 0.263 e. The topological polar surface area (TPSA) is 97.7 Å². The molecule has 2 heterocycles. The van der Waals surface area contributed by atoms with Gasteiger partial charge in [-0.25, -0.2) is 23.4 Å². The molecular formula is C16H17N5O2S2. The van der Waals surface area contributed by atoms with Crippen LogP contribution in [0.3, 0.4) is 0 Å². The molecule has 0 aliphatic rings. The summed E-state index contributed by atoms with van der Waals surface area (Å²) < 4.78 is 31.9. The van der Waals surface area contributed by atoms with E-state index in [1.54, 1.807) is 31.3 Å². The van der Waals surface area contributed by atoms with Gasteiger partial charge < -0.3 is 0 Å². The Balaban J connectivity index is 1.90. The van der Waals surface area contributed by atoms with Crippen molar-refractivity contribution < 1.29 is 8.42 Å². The Kier molecular flexibility index (Phi) is 4.78. The molecule has 0 saturated carbocycles. The number of nitrogens with zero attached hydrogens (tertiary/aromatic N) is 4. The quantitative estimate of drug-likeness (QED) is 0.735. The third-order valence-corrected chi connectivity index (χ3v) is 5.51. The van der Waals surface area contributed by atoms with Gasteiger partial charge in [0.15, 0.2) is 0 Å². The van der Waals surface area contributed by atoms with Crippen LogP contribution in [0.25, 0.3) is 11.3 Å². The van der Waals surface area contributed by atoms with E-state index in [9.17, 15) is 8.42 Å². The van der Waals surface area contributed by atoms with Crippen LogP contribution in [-0.4, -0.2) is 27.7 Å². The van der Waals surface area contributed by atoms with Gasteiger partial charge in [0, 0.05) is 29.2 Å². The Morgan fingerprint density at radius 1 is 1.16 bits per heavy atom. The first kappa shape index (κ1) is 17.4. The molecule has 0 atom stereocenters. The van der Waals surface area contributed by atoms with Crippen LogP contribution in [0.2, 0.25) is 0 Å².